The zero-order valence-electron chi connectivity index (χ0n) is 13.7. The number of rotatable bonds is 6. The Morgan fingerprint density at radius 1 is 1.35 bits per heavy atom. The van der Waals surface area contributed by atoms with Gasteiger partial charge in [-0.3, -0.25) is 10.7 Å². The lowest BCUT2D eigenvalue weighted by molar-refractivity contribution is 0.171. The second-order valence-electron chi connectivity index (χ2n) is 6.37. The molecule has 0 radical (unpaired) electrons. The summed E-state index contributed by atoms with van der Waals surface area (Å²) >= 11 is 0. The number of hydrogen-bond acceptors (Lipinski definition) is 5. The smallest absolute Gasteiger partial charge is 0.196 e. The predicted octanol–water partition coefficient (Wildman–Crippen LogP) is 1.93. The first kappa shape index (κ1) is 16.1. The summed E-state index contributed by atoms with van der Waals surface area (Å²) in [5.41, 5.74) is 4.97. The third-order valence-corrected chi connectivity index (χ3v) is 4.52. The van der Waals surface area contributed by atoms with Gasteiger partial charge in [-0.05, 0) is 44.1 Å². The van der Waals surface area contributed by atoms with Gasteiger partial charge in [0.05, 0.1) is 5.71 Å². The molecule has 2 aliphatic heterocycles. The van der Waals surface area contributed by atoms with Gasteiger partial charge in [0.2, 0.25) is 0 Å². The summed E-state index contributed by atoms with van der Waals surface area (Å²) in [4.78, 5) is 6.99. The number of hydrogen-bond donors (Lipinski definition) is 2. The average Bonchev–Trinajstić information content (AvgIpc) is 2.51. The van der Waals surface area contributed by atoms with Gasteiger partial charge < -0.3 is 4.90 Å². The van der Waals surface area contributed by atoms with E-state index in [1.807, 2.05) is 13.8 Å². The Morgan fingerprint density at radius 2 is 2.09 bits per heavy atom. The number of hydrazone groups is 1. The van der Waals surface area contributed by atoms with E-state index < -0.39 is 5.79 Å². The van der Waals surface area contributed by atoms with E-state index in [0.717, 1.165) is 24.4 Å². The fourth-order valence-corrected chi connectivity index (χ4v) is 2.71. The van der Waals surface area contributed by atoms with E-state index in [-0.39, 0.29) is 11.7 Å². The maximum atomic E-state index is 13.0. The van der Waals surface area contributed by atoms with Crippen molar-refractivity contribution in [3.63, 3.8) is 0 Å². The SMILES string of the molecule is CC(C1=NN[C@@](C)(NCCN2CCC2)N=C1)c1ccc(F)cc1. The van der Waals surface area contributed by atoms with Crippen molar-refractivity contribution >= 4 is 11.9 Å². The Bertz CT molecular complexity index is 594. The Hall–Kier alpha value is -1.79. The summed E-state index contributed by atoms with van der Waals surface area (Å²) < 4.78 is 13.0. The summed E-state index contributed by atoms with van der Waals surface area (Å²) in [5, 5.41) is 7.86. The van der Waals surface area contributed by atoms with Crippen molar-refractivity contribution in [1.29, 1.82) is 0 Å². The molecule has 0 spiro atoms. The minimum Gasteiger partial charge on any atom is -0.302 e. The molecule has 124 valence electrons. The van der Waals surface area contributed by atoms with E-state index in [2.05, 4.69) is 25.7 Å². The monoisotopic (exact) mass is 317 g/mol. The first-order valence-corrected chi connectivity index (χ1v) is 8.18. The molecule has 0 aromatic heterocycles. The summed E-state index contributed by atoms with van der Waals surface area (Å²) in [6.07, 6.45) is 3.11. The normalized spacial score (nSPS) is 25.4. The van der Waals surface area contributed by atoms with Crippen LogP contribution < -0.4 is 10.7 Å². The van der Waals surface area contributed by atoms with E-state index in [9.17, 15) is 4.39 Å². The van der Waals surface area contributed by atoms with Crippen LogP contribution in [0.1, 0.15) is 31.7 Å². The third-order valence-electron chi connectivity index (χ3n) is 4.52. The molecule has 23 heavy (non-hydrogen) atoms. The molecule has 2 N–H and O–H groups in total. The zero-order valence-corrected chi connectivity index (χ0v) is 13.7. The van der Waals surface area contributed by atoms with Crippen LogP contribution in [0.3, 0.4) is 0 Å². The van der Waals surface area contributed by atoms with Crippen molar-refractivity contribution < 1.29 is 4.39 Å². The van der Waals surface area contributed by atoms with E-state index in [0.29, 0.717) is 0 Å². The molecule has 2 heterocycles. The Balaban J connectivity index is 1.54. The van der Waals surface area contributed by atoms with Crippen molar-refractivity contribution in [1.82, 2.24) is 15.6 Å². The molecule has 0 amide bonds. The van der Waals surface area contributed by atoms with Crippen LogP contribution in [0.4, 0.5) is 4.39 Å². The summed E-state index contributed by atoms with van der Waals surface area (Å²) in [5.74, 6) is -0.716. The van der Waals surface area contributed by atoms with Gasteiger partial charge in [-0.25, -0.2) is 9.38 Å². The maximum Gasteiger partial charge on any atom is 0.196 e. The highest BCUT2D eigenvalue weighted by Gasteiger charge is 2.26. The number of nitrogens with zero attached hydrogens (tertiary/aromatic N) is 3. The average molecular weight is 317 g/mol. The Kier molecular flexibility index (Phi) is 4.73. The zero-order chi connectivity index (χ0) is 16.3. The molecule has 2 aliphatic rings. The second-order valence-corrected chi connectivity index (χ2v) is 6.37. The van der Waals surface area contributed by atoms with Crippen molar-refractivity contribution in [2.24, 2.45) is 10.1 Å². The Labute approximate surface area is 136 Å². The van der Waals surface area contributed by atoms with Gasteiger partial charge in [-0.2, -0.15) is 5.10 Å². The number of likely N-dealkylation sites (tertiary alicyclic amines) is 1. The van der Waals surface area contributed by atoms with Crippen LogP contribution in [0.15, 0.2) is 34.4 Å². The number of benzene rings is 1. The van der Waals surface area contributed by atoms with Crippen LogP contribution in [0.2, 0.25) is 0 Å². The van der Waals surface area contributed by atoms with E-state index in [4.69, 9.17) is 0 Å². The van der Waals surface area contributed by atoms with Crippen LogP contribution in [0.5, 0.6) is 0 Å². The lowest BCUT2D eigenvalue weighted by atomic mass is 9.96. The van der Waals surface area contributed by atoms with Gasteiger partial charge in [0.25, 0.3) is 0 Å². The fraction of sp³-hybridized carbons (Fsp3) is 0.529. The third kappa shape index (κ3) is 3.95. The van der Waals surface area contributed by atoms with Crippen molar-refractivity contribution in [2.75, 3.05) is 26.2 Å². The van der Waals surface area contributed by atoms with Crippen LogP contribution in [0.25, 0.3) is 0 Å². The van der Waals surface area contributed by atoms with Crippen LogP contribution in [-0.2, 0) is 0 Å². The molecule has 3 rings (SSSR count). The van der Waals surface area contributed by atoms with Crippen molar-refractivity contribution in [2.45, 2.75) is 32.0 Å². The minimum atomic E-state index is -0.559. The van der Waals surface area contributed by atoms with E-state index in [1.54, 1.807) is 18.3 Å². The molecular weight excluding hydrogens is 293 g/mol. The molecule has 0 aliphatic carbocycles. The molecular formula is C17H24FN5. The molecule has 5 nitrogen and oxygen atoms in total. The van der Waals surface area contributed by atoms with E-state index in [1.165, 1.54) is 31.6 Å². The first-order valence-electron chi connectivity index (χ1n) is 8.18. The molecule has 1 fully saturated rings. The molecule has 2 atom stereocenters. The number of nitrogens with one attached hydrogen (secondary N) is 2. The van der Waals surface area contributed by atoms with Crippen molar-refractivity contribution in [3.8, 4) is 0 Å². The van der Waals surface area contributed by atoms with Crippen molar-refractivity contribution in [3.05, 3.63) is 35.6 Å². The lowest BCUT2D eigenvalue weighted by Gasteiger charge is -2.34. The first-order chi connectivity index (χ1) is 11.1. The van der Waals surface area contributed by atoms with Crippen LogP contribution >= 0.6 is 0 Å². The van der Waals surface area contributed by atoms with Gasteiger partial charge in [0.1, 0.15) is 5.82 Å². The van der Waals surface area contributed by atoms with Crippen LogP contribution in [0, 0.1) is 5.82 Å². The van der Waals surface area contributed by atoms with E-state index >= 15 is 0 Å². The maximum absolute atomic E-state index is 13.0. The molecule has 1 saturated heterocycles. The standard InChI is InChI=1S/C17H24FN5/c1-13(14-4-6-15(18)7-5-14)16-12-20-17(2,22-21-16)19-8-11-23-9-3-10-23/h4-7,12-13,19,22H,3,8-11H2,1-2H3/t13?,17-/m0/s1. The highest BCUT2D eigenvalue weighted by Crippen LogP contribution is 2.19. The van der Waals surface area contributed by atoms with Gasteiger partial charge >= 0.3 is 0 Å². The lowest BCUT2D eigenvalue weighted by Crippen LogP contribution is -2.55. The van der Waals surface area contributed by atoms with Gasteiger partial charge in [0.15, 0.2) is 5.79 Å². The summed E-state index contributed by atoms with van der Waals surface area (Å²) in [6, 6.07) is 6.52. The second kappa shape index (κ2) is 6.76. The summed E-state index contributed by atoms with van der Waals surface area (Å²) in [6.45, 7) is 8.33. The fourth-order valence-electron chi connectivity index (χ4n) is 2.71. The molecule has 1 aromatic carbocycles. The predicted molar refractivity (Wildman–Crippen MR) is 91.3 cm³/mol. The Morgan fingerprint density at radius 3 is 2.65 bits per heavy atom. The largest absolute Gasteiger partial charge is 0.302 e. The molecule has 1 aromatic rings. The quantitative estimate of drug-likeness (QED) is 0.843. The van der Waals surface area contributed by atoms with Gasteiger partial charge in [0, 0.05) is 25.2 Å². The molecule has 1 unspecified atom stereocenters. The van der Waals surface area contributed by atoms with Gasteiger partial charge in [-0.1, -0.05) is 19.1 Å². The topological polar surface area (TPSA) is 52.0 Å². The molecule has 6 heteroatoms. The van der Waals surface area contributed by atoms with Gasteiger partial charge in [-0.15, -0.1) is 0 Å². The van der Waals surface area contributed by atoms with Crippen LogP contribution in [-0.4, -0.2) is 48.8 Å². The minimum absolute atomic E-state index is 0.0671. The molecule has 0 saturated carbocycles. The highest BCUT2D eigenvalue weighted by molar-refractivity contribution is 6.33. The number of halogens is 1. The molecule has 0 bridgehead atoms. The summed E-state index contributed by atoms with van der Waals surface area (Å²) in [7, 11) is 0. The number of aliphatic imine (C=N–C) groups is 1. The highest BCUT2D eigenvalue weighted by atomic mass is 19.1.